The molecule has 0 aromatic carbocycles. The third kappa shape index (κ3) is 0.832. The molecular weight excluding hydrogens is 146 g/mol. The van der Waals surface area contributed by atoms with E-state index in [1.165, 1.54) is 25.9 Å². The molecule has 1 saturated carbocycles. The molecule has 12 heavy (non-hydrogen) atoms. The molecule has 1 saturated heterocycles. The van der Waals surface area contributed by atoms with Gasteiger partial charge in [-0.3, -0.25) is 4.90 Å². The van der Waals surface area contributed by atoms with Gasteiger partial charge in [0.05, 0.1) is 0 Å². The largest absolute Gasteiger partial charge is 0.297 e. The van der Waals surface area contributed by atoms with Gasteiger partial charge in [-0.1, -0.05) is 19.1 Å². The smallest absolute Gasteiger partial charge is 0.0309 e. The maximum atomic E-state index is 2.63. The highest BCUT2D eigenvalue weighted by molar-refractivity contribution is 5.18. The van der Waals surface area contributed by atoms with Gasteiger partial charge in [0.15, 0.2) is 0 Å². The van der Waals surface area contributed by atoms with Crippen LogP contribution in [-0.4, -0.2) is 24.0 Å². The predicted octanol–water partition coefficient (Wildman–Crippen LogP) is 1.90. The van der Waals surface area contributed by atoms with Crippen molar-refractivity contribution in [2.45, 2.75) is 25.8 Å². The highest BCUT2D eigenvalue weighted by Gasteiger charge is 2.49. The lowest BCUT2D eigenvalue weighted by atomic mass is 9.89. The summed E-state index contributed by atoms with van der Waals surface area (Å²) in [6.45, 7) is 4.87. The average Bonchev–Trinajstić information content (AvgIpc) is 2.78. The van der Waals surface area contributed by atoms with E-state index < -0.39 is 0 Å². The van der Waals surface area contributed by atoms with E-state index in [0.29, 0.717) is 0 Å². The molecule has 2 aliphatic carbocycles. The van der Waals surface area contributed by atoms with Gasteiger partial charge in [-0.2, -0.15) is 0 Å². The molecule has 1 heteroatoms. The highest BCUT2D eigenvalue weighted by Crippen LogP contribution is 2.53. The first-order chi connectivity index (χ1) is 5.90. The van der Waals surface area contributed by atoms with E-state index in [1.807, 2.05) is 0 Å². The van der Waals surface area contributed by atoms with Crippen LogP contribution in [0.3, 0.4) is 0 Å². The summed E-state index contributed by atoms with van der Waals surface area (Å²) >= 11 is 0. The summed E-state index contributed by atoms with van der Waals surface area (Å²) in [4.78, 5) is 2.63. The van der Waals surface area contributed by atoms with Gasteiger partial charge in [0.1, 0.15) is 0 Å². The first-order valence-electron chi connectivity index (χ1n) is 5.32. The van der Waals surface area contributed by atoms with Crippen molar-refractivity contribution in [3.63, 3.8) is 0 Å². The standard InChI is InChI=1S/C11H17N/c1-2-12-6-5-9-10-7-8(10)3-4-11(9)12/h3-4,8-11H,2,5-7H2,1H3/t8-,9+,10+,11+/m0/s1. The van der Waals surface area contributed by atoms with Gasteiger partial charge < -0.3 is 0 Å². The van der Waals surface area contributed by atoms with Crippen LogP contribution in [0.15, 0.2) is 12.2 Å². The van der Waals surface area contributed by atoms with Gasteiger partial charge in [-0.25, -0.2) is 0 Å². The summed E-state index contributed by atoms with van der Waals surface area (Å²) in [7, 11) is 0. The molecule has 0 radical (unpaired) electrons. The molecule has 3 aliphatic rings. The molecule has 0 amide bonds. The Morgan fingerprint density at radius 1 is 1.33 bits per heavy atom. The Balaban J connectivity index is 1.85. The monoisotopic (exact) mass is 163 g/mol. The second-order valence-electron chi connectivity index (χ2n) is 4.52. The Kier molecular flexibility index (Phi) is 1.40. The van der Waals surface area contributed by atoms with Crippen LogP contribution in [0.2, 0.25) is 0 Å². The maximum Gasteiger partial charge on any atom is 0.0309 e. The predicted molar refractivity (Wildman–Crippen MR) is 49.9 cm³/mol. The molecule has 0 spiro atoms. The fourth-order valence-corrected chi connectivity index (χ4v) is 3.21. The van der Waals surface area contributed by atoms with E-state index >= 15 is 0 Å². The van der Waals surface area contributed by atoms with Crippen molar-refractivity contribution in [1.29, 1.82) is 0 Å². The summed E-state index contributed by atoms with van der Waals surface area (Å²) in [6, 6.07) is 0.818. The summed E-state index contributed by atoms with van der Waals surface area (Å²) < 4.78 is 0. The van der Waals surface area contributed by atoms with Gasteiger partial charge >= 0.3 is 0 Å². The lowest BCUT2D eigenvalue weighted by molar-refractivity contribution is 0.261. The van der Waals surface area contributed by atoms with Crippen molar-refractivity contribution >= 4 is 0 Å². The van der Waals surface area contributed by atoms with Crippen molar-refractivity contribution in [3.05, 3.63) is 12.2 Å². The fraction of sp³-hybridized carbons (Fsp3) is 0.818. The fourth-order valence-electron chi connectivity index (χ4n) is 3.21. The van der Waals surface area contributed by atoms with Crippen LogP contribution in [0, 0.1) is 17.8 Å². The van der Waals surface area contributed by atoms with Crippen molar-refractivity contribution in [1.82, 2.24) is 4.90 Å². The molecule has 0 aromatic heterocycles. The van der Waals surface area contributed by atoms with E-state index in [-0.39, 0.29) is 0 Å². The average molecular weight is 163 g/mol. The van der Waals surface area contributed by atoms with Crippen LogP contribution in [-0.2, 0) is 0 Å². The quantitative estimate of drug-likeness (QED) is 0.534. The minimum atomic E-state index is 0.818. The zero-order valence-corrected chi connectivity index (χ0v) is 7.74. The Morgan fingerprint density at radius 2 is 2.25 bits per heavy atom. The highest BCUT2D eigenvalue weighted by atomic mass is 15.2. The number of hydrogen-bond acceptors (Lipinski definition) is 1. The number of allylic oxidation sites excluding steroid dienone is 1. The van der Waals surface area contributed by atoms with E-state index in [4.69, 9.17) is 0 Å². The SMILES string of the molecule is CCN1CC[C@@H]2[C@@H]3C[C@@H]3C=C[C@H]21. The van der Waals surface area contributed by atoms with Gasteiger partial charge in [0, 0.05) is 6.04 Å². The molecule has 0 unspecified atom stereocenters. The molecule has 1 nitrogen and oxygen atoms in total. The number of likely N-dealkylation sites (tertiary alicyclic amines) is 1. The number of nitrogens with zero attached hydrogens (tertiary/aromatic N) is 1. The minimum Gasteiger partial charge on any atom is -0.297 e. The number of rotatable bonds is 1. The first-order valence-corrected chi connectivity index (χ1v) is 5.32. The van der Waals surface area contributed by atoms with Crippen LogP contribution in [0.4, 0.5) is 0 Å². The summed E-state index contributed by atoms with van der Waals surface area (Å²) in [5.74, 6) is 3.10. The van der Waals surface area contributed by atoms with E-state index in [0.717, 1.165) is 23.8 Å². The molecule has 0 bridgehead atoms. The van der Waals surface area contributed by atoms with Crippen molar-refractivity contribution in [2.24, 2.45) is 17.8 Å². The Bertz CT molecular complexity index is 221. The Hall–Kier alpha value is -0.300. The van der Waals surface area contributed by atoms with Crippen molar-refractivity contribution < 1.29 is 0 Å². The lowest BCUT2D eigenvalue weighted by Crippen LogP contribution is -2.32. The molecule has 66 valence electrons. The molecule has 0 aromatic rings. The topological polar surface area (TPSA) is 3.24 Å². The van der Waals surface area contributed by atoms with Crippen molar-refractivity contribution in [3.8, 4) is 0 Å². The molecule has 2 fully saturated rings. The second-order valence-corrected chi connectivity index (χ2v) is 4.52. The van der Waals surface area contributed by atoms with Gasteiger partial charge in [-0.15, -0.1) is 0 Å². The number of likely N-dealkylation sites (N-methyl/N-ethyl adjacent to an activating group) is 1. The Labute approximate surface area is 74.4 Å². The summed E-state index contributed by atoms with van der Waals surface area (Å²) in [6.07, 6.45) is 7.91. The van der Waals surface area contributed by atoms with Crippen LogP contribution < -0.4 is 0 Å². The van der Waals surface area contributed by atoms with Crippen LogP contribution in [0.25, 0.3) is 0 Å². The van der Waals surface area contributed by atoms with E-state index in [2.05, 4.69) is 24.0 Å². The molecule has 1 heterocycles. The zero-order valence-electron chi connectivity index (χ0n) is 7.74. The first kappa shape index (κ1) is 7.14. The zero-order chi connectivity index (χ0) is 8.13. The summed E-state index contributed by atoms with van der Waals surface area (Å²) in [5, 5.41) is 0. The van der Waals surface area contributed by atoms with Gasteiger partial charge in [0.25, 0.3) is 0 Å². The Morgan fingerprint density at radius 3 is 3.08 bits per heavy atom. The van der Waals surface area contributed by atoms with Crippen LogP contribution >= 0.6 is 0 Å². The maximum absolute atomic E-state index is 2.63. The van der Waals surface area contributed by atoms with Crippen molar-refractivity contribution in [2.75, 3.05) is 13.1 Å². The van der Waals surface area contributed by atoms with E-state index in [1.54, 1.807) is 0 Å². The third-order valence-corrected chi connectivity index (χ3v) is 4.01. The normalized spacial score (nSPS) is 50.4. The van der Waals surface area contributed by atoms with Crippen LogP contribution in [0.1, 0.15) is 19.8 Å². The lowest BCUT2D eigenvalue weighted by Gasteiger charge is -2.26. The van der Waals surface area contributed by atoms with Crippen LogP contribution in [0.5, 0.6) is 0 Å². The van der Waals surface area contributed by atoms with Gasteiger partial charge in [-0.05, 0) is 43.7 Å². The molecule has 4 atom stereocenters. The molecule has 1 aliphatic heterocycles. The molecule has 0 N–H and O–H groups in total. The van der Waals surface area contributed by atoms with E-state index in [9.17, 15) is 0 Å². The number of fused-ring (bicyclic) bond motifs is 3. The second kappa shape index (κ2) is 2.35. The summed E-state index contributed by atoms with van der Waals surface area (Å²) in [5.41, 5.74) is 0. The molecule has 3 rings (SSSR count). The molecular formula is C11H17N. The third-order valence-electron chi connectivity index (χ3n) is 4.01. The number of hydrogen-bond donors (Lipinski definition) is 0. The minimum absolute atomic E-state index is 0.818. The van der Waals surface area contributed by atoms with Gasteiger partial charge in [0.2, 0.25) is 0 Å².